The molecule has 0 aromatic heterocycles. The Morgan fingerprint density at radius 3 is 2.42 bits per heavy atom. The molecule has 0 aliphatic carbocycles. The van der Waals surface area contributed by atoms with Gasteiger partial charge in [0.05, 0.1) is 16.0 Å². The Hall–Kier alpha value is -2.32. The number of aryl methyl sites for hydroxylation is 1. The SMILES string of the molecule is Cc1ccccc1/C(=N/[S@](=O)C(C)(C)C)c1ccc(C#N)c(F)c1. The number of benzene rings is 2. The highest BCUT2D eigenvalue weighted by Crippen LogP contribution is 2.21. The Morgan fingerprint density at radius 1 is 1.21 bits per heavy atom. The Bertz CT molecular complexity index is 860. The zero-order valence-electron chi connectivity index (χ0n) is 14.1. The molecule has 3 nitrogen and oxygen atoms in total. The second kappa shape index (κ2) is 7.06. The summed E-state index contributed by atoms with van der Waals surface area (Å²) >= 11 is 0. The van der Waals surface area contributed by atoms with Gasteiger partial charge < -0.3 is 0 Å². The molecule has 0 radical (unpaired) electrons. The number of hydrogen-bond acceptors (Lipinski definition) is 2. The van der Waals surface area contributed by atoms with Crippen molar-refractivity contribution in [1.29, 1.82) is 5.26 Å². The van der Waals surface area contributed by atoms with E-state index in [4.69, 9.17) is 5.26 Å². The molecule has 0 aliphatic rings. The first kappa shape index (κ1) is 18.0. The summed E-state index contributed by atoms with van der Waals surface area (Å²) in [5, 5.41) is 8.89. The summed E-state index contributed by atoms with van der Waals surface area (Å²) in [6, 6.07) is 13.7. The molecule has 0 amide bonds. The highest BCUT2D eigenvalue weighted by Gasteiger charge is 2.21. The van der Waals surface area contributed by atoms with Crippen molar-refractivity contribution in [3.63, 3.8) is 0 Å². The highest BCUT2D eigenvalue weighted by molar-refractivity contribution is 7.85. The van der Waals surface area contributed by atoms with Crippen molar-refractivity contribution in [1.82, 2.24) is 0 Å². The normalized spacial score (nSPS) is 13.4. The maximum absolute atomic E-state index is 14.0. The van der Waals surface area contributed by atoms with Crippen molar-refractivity contribution in [2.45, 2.75) is 32.4 Å². The summed E-state index contributed by atoms with van der Waals surface area (Å²) in [6.07, 6.45) is 0. The number of hydrogen-bond donors (Lipinski definition) is 0. The average molecular weight is 342 g/mol. The molecule has 0 unspecified atom stereocenters. The molecule has 5 heteroatoms. The number of nitrogens with zero attached hydrogens (tertiary/aromatic N) is 2. The largest absolute Gasteiger partial charge is 0.234 e. The number of nitriles is 1. The van der Waals surface area contributed by atoms with Crippen LogP contribution >= 0.6 is 0 Å². The summed E-state index contributed by atoms with van der Waals surface area (Å²) in [5.41, 5.74) is 2.68. The van der Waals surface area contributed by atoms with Crippen molar-refractivity contribution in [3.05, 3.63) is 70.5 Å². The van der Waals surface area contributed by atoms with Crippen LogP contribution in [0.5, 0.6) is 0 Å². The molecule has 24 heavy (non-hydrogen) atoms. The van der Waals surface area contributed by atoms with E-state index in [-0.39, 0.29) is 5.56 Å². The van der Waals surface area contributed by atoms with E-state index in [2.05, 4.69) is 4.40 Å². The van der Waals surface area contributed by atoms with Gasteiger partial charge in [-0.25, -0.2) is 8.60 Å². The fourth-order valence-electron chi connectivity index (χ4n) is 2.07. The molecule has 0 N–H and O–H groups in total. The van der Waals surface area contributed by atoms with Crippen molar-refractivity contribution >= 4 is 16.7 Å². The summed E-state index contributed by atoms with van der Waals surface area (Å²) in [6.45, 7) is 7.43. The predicted molar refractivity (Wildman–Crippen MR) is 95.8 cm³/mol. The third-order valence-electron chi connectivity index (χ3n) is 3.46. The average Bonchev–Trinajstić information content (AvgIpc) is 2.52. The lowest BCUT2D eigenvalue weighted by Gasteiger charge is -2.16. The molecule has 2 aromatic carbocycles. The van der Waals surface area contributed by atoms with Gasteiger partial charge in [0.25, 0.3) is 0 Å². The third kappa shape index (κ3) is 3.95. The molecule has 0 saturated heterocycles. The van der Waals surface area contributed by atoms with Gasteiger partial charge in [-0.05, 0) is 45.4 Å². The summed E-state index contributed by atoms with van der Waals surface area (Å²) in [4.78, 5) is 0. The van der Waals surface area contributed by atoms with Gasteiger partial charge in [0.2, 0.25) is 0 Å². The zero-order chi connectivity index (χ0) is 17.9. The zero-order valence-corrected chi connectivity index (χ0v) is 14.9. The van der Waals surface area contributed by atoms with Crippen LogP contribution in [0, 0.1) is 24.1 Å². The van der Waals surface area contributed by atoms with E-state index in [0.29, 0.717) is 11.3 Å². The molecule has 0 bridgehead atoms. The van der Waals surface area contributed by atoms with Crippen LogP contribution in [0.3, 0.4) is 0 Å². The molecule has 0 heterocycles. The van der Waals surface area contributed by atoms with Crippen LogP contribution < -0.4 is 0 Å². The van der Waals surface area contributed by atoms with Gasteiger partial charge in [0.1, 0.15) is 22.9 Å². The molecule has 0 spiro atoms. The van der Waals surface area contributed by atoms with Crippen LogP contribution in [0.4, 0.5) is 4.39 Å². The topological polar surface area (TPSA) is 53.2 Å². The highest BCUT2D eigenvalue weighted by atomic mass is 32.2. The standard InChI is InChI=1S/C19H19FN2OS/c1-13-7-5-6-8-16(13)18(22-24(23)19(2,3)4)14-9-10-15(12-21)17(20)11-14/h5-11H,1-4H3/b22-18+/t24-/m1/s1. The Morgan fingerprint density at radius 2 is 1.88 bits per heavy atom. The minimum absolute atomic E-state index is 0.0279. The lowest BCUT2D eigenvalue weighted by atomic mass is 9.97. The maximum atomic E-state index is 14.0. The van der Waals surface area contributed by atoms with E-state index >= 15 is 0 Å². The van der Waals surface area contributed by atoms with Gasteiger partial charge in [0.15, 0.2) is 0 Å². The van der Waals surface area contributed by atoms with Crippen LogP contribution in [-0.2, 0) is 11.0 Å². The molecule has 0 saturated carbocycles. The van der Waals surface area contributed by atoms with E-state index in [0.717, 1.165) is 11.1 Å². The lowest BCUT2D eigenvalue weighted by molar-refractivity contribution is 0.623. The van der Waals surface area contributed by atoms with E-state index < -0.39 is 21.5 Å². The second-order valence-corrected chi connectivity index (χ2v) is 8.33. The van der Waals surface area contributed by atoms with Crippen LogP contribution in [0.25, 0.3) is 0 Å². The van der Waals surface area contributed by atoms with Crippen LogP contribution in [-0.4, -0.2) is 14.7 Å². The minimum Gasteiger partial charge on any atom is -0.234 e. The molecular weight excluding hydrogens is 323 g/mol. The molecular formula is C19H19FN2OS. The third-order valence-corrected chi connectivity index (χ3v) is 4.86. The van der Waals surface area contributed by atoms with Crippen molar-refractivity contribution in [2.75, 3.05) is 0 Å². The Kier molecular flexibility index (Phi) is 5.30. The first-order valence-corrected chi connectivity index (χ1v) is 8.61. The number of rotatable bonds is 3. The van der Waals surface area contributed by atoms with Crippen LogP contribution in [0.15, 0.2) is 46.9 Å². The first-order chi connectivity index (χ1) is 11.2. The van der Waals surface area contributed by atoms with Crippen molar-refractivity contribution in [3.8, 4) is 6.07 Å². The van der Waals surface area contributed by atoms with Gasteiger partial charge in [-0.3, -0.25) is 0 Å². The van der Waals surface area contributed by atoms with Gasteiger partial charge in [-0.1, -0.05) is 30.3 Å². The fourth-order valence-corrected chi connectivity index (χ4v) is 2.71. The summed E-state index contributed by atoms with van der Waals surface area (Å²) in [5.74, 6) is -0.613. The molecule has 2 rings (SSSR count). The fraction of sp³-hybridized carbons (Fsp3) is 0.263. The maximum Gasteiger partial charge on any atom is 0.145 e. The lowest BCUT2D eigenvalue weighted by Crippen LogP contribution is -2.21. The Balaban J connectivity index is 2.67. The summed E-state index contributed by atoms with van der Waals surface area (Å²) in [7, 11) is -1.49. The molecule has 0 aliphatic heterocycles. The molecule has 1 atom stereocenters. The monoisotopic (exact) mass is 342 g/mol. The van der Waals surface area contributed by atoms with Crippen LogP contribution in [0.1, 0.15) is 43.0 Å². The van der Waals surface area contributed by atoms with Gasteiger partial charge in [-0.2, -0.15) is 9.66 Å². The molecule has 124 valence electrons. The predicted octanol–water partition coefficient (Wildman–Crippen LogP) is 4.31. The number of halogens is 1. The smallest absolute Gasteiger partial charge is 0.145 e. The Labute approximate surface area is 144 Å². The van der Waals surface area contributed by atoms with Crippen molar-refractivity contribution < 1.29 is 8.60 Å². The van der Waals surface area contributed by atoms with Crippen molar-refractivity contribution in [2.24, 2.45) is 4.40 Å². The van der Waals surface area contributed by atoms with E-state index in [9.17, 15) is 8.60 Å². The summed E-state index contributed by atoms with van der Waals surface area (Å²) < 4.78 is 30.4. The quantitative estimate of drug-likeness (QED) is 0.781. The van der Waals surface area contributed by atoms with E-state index in [1.807, 2.05) is 52.0 Å². The molecule has 2 aromatic rings. The van der Waals surface area contributed by atoms with E-state index in [1.54, 1.807) is 12.1 Å². The van der Waals surface area contributed by atoms with E-state index in [1.165, 1.54) is 12.1 Å². The second-order valence-electron chi connectivity index (χ2n) is 6.42. The van der Waals surface area contributed by atoms with Gasteiger partial charge in [-0.15, -0.1) is 0 Å². The van der Waals surface area contributed by atoms with Crippen LogP contribution in [0.2, 0.25) is 0 Å². The van der Waals surface area contributed by atoms with Gasteiger partial charge >= 0.3 is 0 Å². The van der Waals surface area contributed by atoms with Gasteiger partial charge in [0, 0.05) is 11.1 Å². The molecule has 0 fully saturated rings. The minimum atomic E-state index is -1.49. The first-order valence-electron chi connectivity index (χ1n) is 7.50.